The van der Waals surface area contributed by atoms with Gasteiger partial charge in [0.05, 0.1) is 23.9 Å². The van der Waals surface area contributed by atoms with Crippen LogP contribution in [0.25, 0.3) is 22.2 Å². The Morgan fingerprint density at radius 1 is 1.11 bits per heavy atom. The summed E-state index contributed by atoms with van der Waals surface area (Å²) in [5.74, 6) is 0.578. The number of hydrogen-bond donors (Lipinski definition) is 1. The van der Waals surface area contributed by atoms with Gasteiger partial charge in [0.1, 0.15) is 5.75 Å². The van der Waals surface area contributed by atoms with Crippen molar-refractivity contribution in [1.29, 1.82) is 0 Å². The minimum absolute atomic E-state index is 0.197. The maximum absolute atomic E-state index is 12.9. The molecule has 2 aromatic heterocycles. The highest BCUT2D eigenvalue weighted by atomic mass is 32.1. The van der Waals surface area contributed by atoms with E-state index in [2.05, 4.69) is 10.3 Å². The quantitative estimate of drug-likeness (QED) is 0.549. The molecule has 0 fully saturated rings. The number of hydrogen-bond acceptors (Lipinski definition) is 5. The van der Waals surface area contributed by atoms with Gasteiger partial charge >= 0.3 is 0 Å². The highest BCUT2D eigenvalue weighted by molar-refractivity contribution is 7.15. The summed E-state index contributed by atoms with van der Waals surface area (Å²) in [4.78, 5) is 22.9. The molecule has 2 aromatic carbocycles. The summed E-state index contributed by atoms with van der Waals surface area (Å²) in [6.45, 7) is 1.96. The summed E-state index contributed by atoms with van der Waals surface area (Å²) in [6, 6.07) is 17.1. The minimum Gasteiger partial charge on any atom is -0.497 e. The van der Waals surface area contributed by atoms with E-state index < -0.39 is 0 Å². The van der Waals surface area contributed by atoms with Gasteiger partial charge in [-0.05, 0) is 43.3 Å². The first-order chi connectivity index (χ1) is 13.1. The predicted octanol–water partition coefficient (Wildman–Crippen LogP) is 4.93. The number of rotatable bonds is 4. The highest BCUT2D eigenvalue weighted by Crippen LogP contribution is 2.27. The van der Waals surface area contributed by atoms with Crippen LogP contribution >= 0.6 is 11.3 Å². The summed E-state index contributed by atoms with van der Waals surface area (Å²) >= 11 is 1.45. The van der Waals surface area contributed by atoms with Crippen LogP contribution in [0.1, 0.15) is 15.2 Å². The second-order valence-corrected chi connectivity index (χ2v) is 7.27. The Morgan fingerprint density at radius 2 is 1.89 bits per heavy atom. The predicted molar refractivity (Wildman–Crippen MR) is 109 cm³/mol. The lowest BCUT2D eigenvalue weighted by Gasteiger charge is -2.10. The van der Waals surface area contributed by atoms with Crippen LogP contribution in [0.2, 0.25) is 0 Å². The number of aryl methyl sites for hydroxylation is 1. The van der Waals surface area contributed by atoms with Crippen LogP contribution in [0.15, 0.2) is 60.8 Å². The average molecular weight is 375 g/mol. The van der Waals surface area contributed by atoms with E-state index in [1.165, 1.54) is 11.3 Å². The zero-order chi connectivity index (χ0) is 18.8. The van der Waals surface area contributed by atoms with Crippen molar-refractivity contribution in [2.75, 3.05) is 12.4 Å². The molecule has 0 bridgehead atoms. The third-order valence-electron chi connectivity index (χ3n) is 4.19. The molecule has 0 atom stereocenters. The molecule has 0 aliphatic carbocycles. The van der Waals surface area contributed by atoms with Crippen LogP contribution < -0.4 is 10.1 Å². The second-order valence-electron chi connectivity index (χ2n) is 6.03. The molecule has 6 heteroatoms. The van der Waals surface area contributed by atoms with Gasteiger partial charge in [0.15, 0.2) is 5.13 Å². The molecule has 27 heavy (non-hydrogen) atoms. The topological polar surface area (TPSA) is 64.1 Å². The maximum atomic E-state index is 12.9. The fraction of sp³-hybridized carbons (Fsp3) is 0.0952. The van der Waals surface area contributed by atoms with E-state index in [4.69, 9.17) is 9.72 Å². The van der Waals surface area contributed by atoms with Crippen molar-refractivity contribution in [1.82, 2.24) is 9.97 Å². The minimum atomic E-state index is -0.197. The first-order valence-electron chi connectivity index (χ1n) is 8.42. The van der Waals surface area contributed by atoms with Gasteiger partial charge in [0.2, 0.25) is 0 Å². The second kappa shape index (κ2) is 7.17. The summed E-state index contributed by atoms with van der Waals surface area (Å²) in [5.41, 5.74) is 2.99. The number of methoxy groups -OCH3 is 1. The zero-order valence-corrected chi connectivity index (χ0v) is 15.7. The normalized spacial score (nSPS) is 10.7. The molecule has 2 heterocycles. The van der Waals surface area contributed by atoms with Crippen LogP contribution in [-0.4, -0.2) is 23.0 Å². The number of carbonyl (C=O) groups is 1. The lowest BCUT2D eigenvalue weighted by Crippen LogP contribution is -2.12. The van der Waals surface area contributed by atoms with E-state index in [0.717, 1.165) is 32.8 Å². The number of nitrogens with zero attached hydrogens (tertiary/aromatic N) is 2. The summed E-state index contributed by atoms with van der Waals surface area (Å²) in [6.07, 6.45) is 1.74. The number of thiazole rings is 1. The number of fused-ring (bicyclic) bond motifs is 1. The Kier molecular flexibility index (Phi) is 4.56. The molecular formula is C21H17N3O2S. The molecule has 0 saturated carbocycles. The van der Waals surface area contributed by atoms with E-state index in [0.29, 0.717) is 10.7 Å². The number of carbonyl (C=O) groups excluding carboxylic acids is 1. The number of aromatic nitrogens is 2. The molecule has 0 aliphatic rings. The lowest BCUT2D eigenvalue weighted by molar-refractivity contribution is 0.102. The van der Waals surface area contributed by atoms with Gasteiger partial charge in [0, 0.05) is 22.0 Å². The summed E-state index contributed by atoms with van der Waals surface area (Å²) in [7, 11) is 1.63. The fourth-order valence-corrected chi connectivity index (χ4v) is 3.51. The molecule has 0 aliphatic heterocycles. The average Bonchev–Trinajstić information content (AvgIpc) is 3.11. The van der Waals surface area contributed by atoms with E-state index in [1.54, 1.807) is 13.3 Å². The molecule has 0 unspecified atom stereocenters. The Morgan fingerprint density at radius 3 is 2.59 bits per heavy atom. The summed E-state index contributed by atoms with van der Waals surface area (Å²) in [5, 5.41) is 4.28. The maximum Gasteiger partial charge on any atom is 0.258 e. The third kappa shape index (κ3) is 3.52. The van der Waals surface area contributed by atoms with Gasteiger partial charge in [0.25, 0.3) is 5.91 Å². The Hall–Kier alpha value is -3.25. The van der Waals surface area contributed by atoms with Crippen LogP contribution in [0, 0.1) is 6.92 Å². The SMILES string of the molecule is COc1ccc(-c2cc(C(=O)Nc3ncc(C)s3)c3ccccc3n2)cc1. The van der Waals surface area contributed by atoms with E-state index in [1.807, 2.05) is 61.5 Å². The number of benzene rings is 2. The Bertz CT molecular complexity index is 1120. The van der Waals surface area contributed by atoms with Gasteiger partial charge < -0.3 is 4.74 Å². The van der Waals surface area contributed by atoms with Crippen molar-refractivity contribution in [2.24, 2.45) is 0 Å². The van der Waals surface area contributed by atoms with Gasteiger partial charge in [-0.3, -0.25) is 10.1 Å². The van der Waals surface area contributed by atoms with Crippen LogP contribution in [0.3, 0.4) is 0 Å². The molecule has 0 saturated heterocycles. The van der Waals surface area contributed by atoms with E-state index in [9.17, 15) is 4.79 Å². The molecule has 1 amide bonds. The smallest absolute Gasteiger partial charge is 0.258 e. The number of pyridine rings is 1. The van der Waals surface area contributed by atoms with E-state index in [-0.39, 0.29) is 5.91 Å². The third-order valence-corrected chi connectivity index (χ3v) is 5.02. The number of amides is 1. The van der Waals surface area contributed by atoms with Crippen LogP contribution in [-0.2, 0) is 0 Å². The van der Waals surface area contributed by atoms with Crippen molar-refractivity contribution in [3.8, 4) is 17.0 Å². The van der Waals surface area contributed by atoms with Crippen molar-refractivity contribution in [3.05, 3.63) is 71.2 Å². The molecule has 134 valence electrons. The molecule has 5 nitrogen and oxygen atoms in total. The van der Waals surface area contributed by atoms with Crippen molar-refractivity contribution < 1.29 is 9.53 Å². The zero-order valence-electron chi connectivity index (χ0n) is 14.9. The highest BCUT2D eigenvalue weighted by Gasteiger charge is 2.15. The first-order valence-corrected chi connectivity index (χ1v) is 9.24. The molecule has 4 aromatic rings. The lowest BCUT2D eigenvalue weighted by atomic mass is 10.0. The largest absolute Gasteiger partial charge is 0.497 e. The van der Waals surface area contributed by atoms with Gasteiger partial charge in [-0.15, -0.1) is 11.3 Å². The number of nitrogens with one attached hydrogen (secondary N) is 1. The van der Waals surface area contributed by atoms with Gasteiger partial charge in [-0.2, -0.15) is 0 Å². The molecule has 0 radical (unpaired) electrons. The first kappa shape index (κ1) is 17.2. The molecular weight excluding hydrogens is 358 g/mol. The van der Waals surface area contributed by atoms with Crippen LogP contribution in [0.4, 0.5) is 5.13 Å². The van der Waals surface area contributed by atoms with Crippen LogP contribution in [0.5, 0.6) is 5.75 Å². The number of para-hydroxylation sites is 1. The number of anilines is 1. The van der Waals surface area contributed by atoms with Crippen molar-refractivity contribution >= 4 is 33.3 Å². The van der Waals surface area contributed by atoms with Crippen molar-refractivity contribution in [3.63, 3.8) is 0 Å². The molecule has 4 rings (SSSR count). The summed E-state index contributed by atoms with van der Waals surface area (Å²) < 4.78 is 5.22. The molecule has 1 N–H and O–H groups in total. The fourth-order valence-electron chi connectivity index (χ4n) is 2.85. The Balaban J connectivity index is 1.79. The standard InChI is InChI=1S/C21H17N3O2S/c1-13-12-22-21(27-13)24-20(25)17-11-19(14-7-9-15(26-2)10-8-14)23-18-6-4-3-5-16(17)18/h3-12H,1-2H3,(H,22,24,25). The van der Waals surface area contributed by atoms with Gasteiger partial charge in [-0.25, -0.2) is 9.97 Å². The number of ether oxygens (including phenoxy) is 1. The molecule has 0 spiro atoms. The Labute approximate surface area is 160 Å². The van der Waals surface area contributed by atoms with Gasteiger partial charge in [-0.1, -0.05) is 18.2 Å². The van der Waals surface area contributed by atoms with Crippen molar-refractivity contribution in [2.45, 2.75) is 6.92 Å². The monoisotopic (exact) mass is 375 g/mol. The van der Waals surface area contributed by atoms with E-state index >= 15 is 0 Å².